The Labute approximate surface area is 349 Å². The van der Waals surface area contributed by atoms with Gasteiger partial charge in [0.25, 0.3) is 0 Å². The monoisotopic (exact) mass is 794 g/mol. The highest BCUT2D eigenvalue weighted by Crippen LogP contribution is 2.17. The van der Waals surface area contributed by atoms with E-state index in [0.29, 0.717) is 12.8 Å². The molecule has 1 amide bonds. The third-order valence-corrected chi connectivity index (χ3v) is 12.0. The summed E-state index contributed by atoms with van der Waals surface area (Å²) in [4.78, 5) is 12.5. The lowest BCUT2D eigenvalue weighted by Gasteiger charge is -2.27. The van der Waals surface area contributed by atoms with Crippen molar-refractivity contribution in [1.82, 2.24) is 5.32 Å². The van der Waals surface area contributed by atoms with E-state index >= 15 is 0 Å². The standard InChI is InChI=1S/C50H99NO5/c1-3-5-7-9-11-13-15-17-19-20-21-22-23-24-25-26-27-28-30-31-33-35-37-39-41-43-47(53)49(55)46(45-52)51-50(56)48(54)44-42-40-38-36-34-32-29-18-16-14-12-10-8-6-4-2/h35,37,46-49,52-55H,3-34,36,38-45H2,1-2H3,(H,51,56)/b37-35+. The van der Waals surface area contributed by atoms with Crippen molar-refractivity contribution in [3.05, 3.63) is 12.2 Å². The second-order valence-electron chi connectivity index (χ2n) is 17.5. The topological polar surface area (TPSA) is 110 Å². The molecule has 0 bridgehead atoms. The van der Waals surface area contributed by atoms with Crippen molar-refractivity contribution in [1.29, 1.82) is 0 Å². The summed E-state index contributed by atoms with van der Waals surface area (Å²) in [5.41, 5.74) is 0. The van der Waals surface area contributed by atoms with Crippen LogP contribution in [0.1, 0.15) is 271 Å². The number of hydrogen-bond acceptors (Lipinski definition) is 5. The van der Waals surface area contributed by atoms with Crippen LogP contribution < -0.4 is 5.32 Å². The molecule has 0 rings (SSSR count). The first-order valence-electron chi connectivity index (χ1n) is 25.1. The lowest BCUT2D eigenvalue weighted by molar-refractivity contribution is -0.132. The molecular weight excluding hydrogens is 695 g/mol. The molecule has 0 aliphatic heterocycles. The van der Waals surface area contributed by atoms with Gasteiger partial charge in [0.05, 0.1) is 18.8 Å². The summed E-state index contributed by atoms with van der Waals surface area (Å²) in [5, 5.41) is 43.8. The van der Waals surface area contributed by atoms with E-state index in [1.54, 1.807) is 0 Å². The summed E-state index contributed by atoms with van der Waals surface area (Å²) in [7, 11) is 0. The van der Waals surface area contributed by atoms with Gasteiger partial charge in [-0.25, -0.2) is 0 Å². The molecule has 0 spiro atoms. The van der Waals surface area contributed by atoms with Crippen molar-refractivity contribution in [2.75, 3.05) is 6.61 Å². The SMILES string of the molecule is CCCCCCCCCCCCCCCCCCCCCC/C=C/CCCC(O)C(O)C(CO)NC(=O)C(O)CCCCCCCCCCCCCCCCC. The molecule has 0 fully saturated rings. The number of nitrogens with one attached hydrogen (secondary N) is 1. The third kappa shape index (κ3) is 38.6. The first-order chi connectivity index (χ1) is 27.5. The van der Waals surface area contributed by atoms with Crippen molar-refractivity contribution in [3.63, 3.8) is 0 Å². The molecule has 56 heavy (non-hydrogen) atoms. The molecule has 0 radical (unpaired) electrons. The second kappa shape index (κ2) is 45.1. The van der Waals surface area contributed by atoms with Crippen LogP contribution in [0, 0.1) is 0 Å². The summed E-state index contributed by atoms with van der Waals surface area (Å²) in [6.07, 6.45) is 51.2. The number of carbonyl (C=O) groups is 1. The average Bonchev–Trinajstić information content (AvgIpc) is 3.20. The van der Waals surface area contributed by atoms with Crippen molar-refractivity contribution >= 4 is 5.91 Å². The molecule has 0 aromatic carbocycles. The maximum Gasteiger partial charge on any atom is 0.249 e. The van der Waals surface area contributed by atoms with Gasteiger partial charge in [0.1, 0.15) is 12.2 Å². The van der Waals surface area contributed by atoms with Gasteiger partial charge in [0.2, 0.25) is 5.91 Å². The Morgan fingerprint density at radius 2 is 0.732 bits per heavy atom. The number of carbonyl (C=O) groups excluding carboxylic acids is 1. The molecule has 0 saturated carbocycles. The molecule has 4 unspecified atom stereocenters. The van der Waals surface area contributed by atoms with Crippen LogP contribution in [0.15, 0.2) is 12.2 Å². The minimum Gasteiger partial charge on any atom is -0.394 e. The average molecular weight is 794 g/mol. The van der Waals surface area contributed by atoms with Gasteiger partial charge in [0, 0.05) is 0 Å². The lowest BCUT2D eigenvalue weighted by atomic mass is 10.00. The van der Waals surface area contributed by atoms with Crippen LogP contribution in [-0.2, 0) is 4.79 Å². The van der Waals surface area contributed by atoms with E-state index in [1.807, 2.05) is 0 Å². The van der Waals surface area contributed by atoms with Gasteiger partial charge in [-0.3, -0.25) is 4.79 Å². The van der Waals surface area contributed by atoms with Crippen molar-refractivity contribution in [3.8, 4) is 0 Å². The molecule has 5 N–H and O–H groups in total. The minimum absolute atomic E-state index is 0.368. The van der Waals surface area contributed by atoms with Gasteiger partial charge >= 0.3 is 0 Å². The summed E-state index contributed by atoms with van der Waals surface area (Å²) in [6, 6.07) is -0.997. The fourth-order valence-corrected chi connectivity index (χ4v) is 7.99. The fraction of sp³-hybridized carbons (Fsp3) is 0.940. The maximum absolute atomic E-state index is 12.5. The van der Waals surface area contributed by atoms with E-state index in [-0.39, 0.29) is 0 Å². The van der Waals surface area contributed by atoms with Crippen LogP contribution in [0.4, 0.5) is 0 Å². The van der Waals surface area contributed by atoms with Crippen LogP contribution in [0.5, 0.6) is 0 Å². The molecule has 6 nitrogen and oxygen atoms in total. The predicted molar refractivity (Wildman–Crippen MR) is 242 cm³/mol. The van der Waals surface area contributed by atoms with Gasteiger partial charge in [-0.1, -0.05) is 244 Å². The number of aliphatic hydroxyl groups is 4. The molecule has 0 aromatic rings. The third-order valence-electron chi connectivity index (χ3n) is 12.0. The summed E-state index contributed by atoms with van der Waals surface area (Å²) < 4.78 is 0. The molecule has 0 aromatic heterocycles. The lowest BCUT2D eigenvalue weighted by Crippen LogP contribution is -2.53. The largest absolute Gasteiger partial charge is 0.394 e. The summed E-state index contributed by atoms with van der Waals surface area (Å²) >= 11 is 0. The highest BCUT2D eigenvalue weighted by molar-refractivity contribution is 5.80. The quantitative estimate of drug-likeness (QED) is 0.0311. The van der Waals surface area contributed by atoms with Crippen LogP contribution in [0.25, 0.3) is 0 Å². The summed E-state index contributed by atoms with van der Waals surface area (Å²) in [5.74, 6) is -0.589. The number of amides is 1. The van der Waals surface area contributed by atoms with E-state index in [1.165, 1.54) is 205 Å². The zero-order chi connectivity index (χ0) is 41.0. The second-order valence-corrected chi connectivity index (χ2v) is 17.5. The first kappa shape index (κ1) is 55.0. The molecule has 4 atom stereocenters. The van der Waals surface area contributed by atoms with Crippen molar-refractivity contribution in [2.45, 2.75) is 295 Å². The number of unbranched alkanes of at least 4 members (excludes halogenated alkanes) is 35. The molecule has 0 heterocycles. The number of rotatable bonds is 46. The molecule has 6 heteroatoms. The Kier molecular flexibility index (Phi) is 44.4. The van der Waals surface area contributed by atoms with Crippen LogP contribution in [-0.4, -0.2) is 57.3 Å². The highest BCUT2D eigenvalue weighted by Gasteiger charge is 2.28. The van der Waals surface area contributed by atoms with Crippen LogP contribution in [0.3, 0.4) is 0 Å². The van der Waals surface area contributed by atoms with E-state index in [2.05, 4.69) is 31.3 Å². The van der Waals surface area contributed by atoms with Gasteiger partial charge < -0.3 is 25.7 Å². The Bertz CT molecular complexity index is 806. The van der Waals surface area contributed by atoms with E-state index < -0.39 is 36.9 Å². The zero-order valence-electron chi connectivity index (χ0n) is 37.7. The Morgan fingerprint density at radius 1 is 0.429 bits per heavy atom. The molecule has 0 aliphatic carbocycles. The number of allylic oxidation sites excluding steroid dienone is 2. The van der Waals surface area contributed by atoms with Gasteiger partial charge in [-0.15, -0.1) is 0 Å². The molecule has 0 aliphatic rings. The maximum atomic E-state index is 12.5. The fourth-order valence-electron chi connectivity index (χ4n) is 7.99. The molecular formula is C50H99NO5. The van der Waals surface area contributed by atoms with Gasteiger partial charge in [-0.2, -0.15) is 0 Å². The molecule has 334 valence electrons. The van der Waals surface area contributed by atoms with E-state index in [4.69, 9.17) is 0 Å². The summed E-state index contributed by atoms with van der Waals surface area (Å²) in [6.45, 7) is 4.06. The Balaban J connectivity index is 3.66. The van der Waals surface area contributed by atoms with Crippen LogP contribution >= 0.6 is 0 Å². The van der Waals surface area contributed by atoms with E-state index in [9.17, 15) is 25.2 Å². The first-order valence-corrected chi connectivity index (χ1v) is 25.1. The zero-order valence-corrected chi connectivity index (χ0v) is 37.7. The van der Waals surface area contributed by atoms with Gasteiger partial charge in [-0.05, 0) is 38.5 Å². The van der Waals surface area contributed by atoms with E-state index in [0.717, 1.165) is 38.5 Å². The number of hydrogen-bond donors (Lipinski definition) is 5. The Hall–Kier alpha value is -0.950. The Morgan fingerprint density at radius 3 is 1.07 bits per heavy atom. The highest BCUT2D eigenvalue weighted by atomic mass is 16.3. The van der Waals surface area contributed by atoms with Gasteiger partial charge in [0.15, 0.2) is 0 Å². The normalized spacial score (nSPS) is 14.0. The smallest absolute Gasteiger partial charge is 0.249 e. The molecule has 0 saturated heterocycles. The minimum atomic E-state index is -1.28. The van der Waals surface area contributed by atoms with Crippen molar-refractivity contribution < 1.29 is 25.2 Å². The van der Waals surface area contributed by atoms with Crippen molar-refractivity contribution in [2.24, 2.45) is 0 Å². The number of aliphatic hydroxyl groups excluding tert-OH is 4. The van der Waals surface area contributed by atoms with Crippen LogP contribution in [0.2, 0.25) is 0 Å². The predicted octanol–water partition coefficient (Wildman–Crippen LogP) is 13.7.